The van der Waals surface area contributed by atoms with Crippen LogP contribution < -0.4 is 4.74 Å². The summed E-state index contributed by atoms with van der Waals surface area (Å²) in [4.78, 5) is 36.4. The minimum atomic E-state index is -0.670. The summed E-state index contributed by atoms with van der Waals surface area (Å²) in [6, 6.07) is 3.24. The summed E-state index contributed by atoms with van der Waals surface area (Å²) in [5.74, 6) is -0.911. The van der Waals surface area contributed by atoms with Gasteiger partial charge in [-0.15, -0.1) is 0 Å². The first kappa shape index (κ1) is 18.6. The fraction of sp³-hybridized carbons (Fsp3) is 0.267. The van der Waals surface area contributed by atoms with Gasteiger partial charge >= 0.3 is 5.97 Å². The molecule has 1 N–H and O–H groups in total. The van der Waals surface area contributed by atoms with Gasteiger partial charge in [0, 0.05) is 0 Å². The Bertz CT molecular complexity index is 733. The van der Waals surface area contributed by atoms with Crippen molar-refractivity contribution >= 4 is 57.5 Å². The fourth-order valence-electron chi connectivity index (χ4n) is 1.92. The van der Waals surface area contributed by atoms with Gasteiger partial charge in [-0.3, -0.25) is 19.3 Å². The van der Waals surface area contributed by atoms with Crippen molar-refractivity contribution in [2.75, 3.05) is 20.3 Å². The van der Waals surface area contributed by atoms with Crippen molar-refractivity contribution in [3.8, 4) is 11.5 Å². The zero-order chi connectivity index (χ0) is 17.9. The molecule has 9 heteroatoms. The van der Waals surface area contributed by atoms with E-state index in [0.717, 1.165) is 16.7 Å². The van der Waals surface area contributed by atoms with Crippen LogP contribution >= 0.6 is 34.4 Å². The number of ether oxygens (including phenoxy) is 2. The maximum absolute atomic E-state index is 12.3. The molecule has 1 aliphatic heterocycles. The van der Waals surface area contributed by atoms with Crippen LogP contribution in [-0.2, 0) is 14.3 Å². The van der Waals surface area contributed by atoms with Gasteiger partial charge in [0.25, 0.3) is 11.1 Å². The van der Waals surface area contributed by atoms with Crippen molar-refractivity contribution in [2.24, 2.45) is 0 Å². The van der Waals surface area contributed by atoms with Gasteiger partial charge in [-0.05, 0) is 65.0 Å². The van der Waals surface area contributed by atoms with Crippen molar-refractivity contribution in [1.82, 2.24) is 4.90 Å². The average Bonchev–Trinajstić information content (AvgIpc) is 2.79. The predicted octanol–water partition coefficient (Wildman–Crippen LogP) is 2.60. The van der Waals surface area contributed by atoms with Crippen molar-refractivity contribution in [1.29, 1.82) is 0 Å². The first-order valence-electron chi connectivity index (χ1n) is 6.84. The zero-order valence-electron chi connectivity index (χ0n) is 12.9. The van der Waals surface area contributed by atoms with Gasteiger partial charge in [0.1, 0.15) is 6.54 Å². The van der Waals surface area contributed by atoms with E-state index in [1.807, 2.05) is 22.6 Å². The SMILES string of the molecule is CCOc1cc(/C=C2/SC(=O)N(CC(=O)OC)C2=O)cc(I)c1O. The maximum Gasteiger partial charge on any atom is 0.325 e. The molecule has 2 rings (SSSR count). The molecule has 7 nitrogen and oxygen atoms in total. The smallest absolute Gasteiger partial charge is 0.325 e. The number of halogens is 1. The molecule has 128 valence electrons. The van der Waals surface area contributed by atoms with Gasteiger partial charge in [0.05, 0.1) is 22.2 Å². The van der Waals surface area contributed by atoms with Crippen molar-refractivity contribution in [2.45, 2.75) is 6.92 Å². The lowest BCUT2D eigenvalue weighted by atomic mass is 10.2. The Morgan fingerprint density at radius 3 is 2.75 bits per heavy atom. The van der Waals surface area contributed by atoms with E-state index in [4.69, 9.17) is 4.74 Å². The number of hydrogen-bond acceptors (Lipinski definition) is 7. The third kappa shape index (κ3) is 4.01. The lowest BCUT2D eigenvalue weighted by Crippen LogP contribution is -2.34. The Morgan fingerprint density at radius 2 is 2.12 bits per heavy atom. The molecule has 0 unspecified atom stereocenters. The second kappa shape index (κ2) is 7.88. The zero-order valence-corrected chi connectivity index (χ0v) is 15.8. The summed E-state index contributed by atoms with van der Waals surface area (Å²) in [7, 11) is 1.19. The van der Waals surface area contributed by atoms with Crippen molar-refractivity contribution < 1.29 is 29.0 Å². The molecule has 0 aliphatic carbocycles. The van der Waals surface area contributed by atoms with Gasteiger partial charge in [-0.25, -0.2) is 0 Å². The van der Waals surface area contributed by atoms with Gasteiger partial charge in [-0.2, -0.15) is 0 Å². The topological polar surface area (TPSA) is 93.1 Å². The Balaban J connectivity index is 2.30. The first-order valence-corrected chi connectivity index (χ1v) is 8.74. The van der Waals surface area contributed by atoms with E-state index < -0.39 is 23.7 Å². The number of nitrogens with zero attached hydrogens (tertiary/aromatic N) is 1. The molecule has 0 radical (unpaired) electrons. The summed E-state index contributed by atoms with van der Waals surface area (Å²) < 4.78 is 10.4. The lowest BCUT2D eigenvalue weighted by Gasteiger charge is -2.10. The van der Waals surface area contributed by atoms with Crippen LogP contribution in [0.1, 0.15) is 12.5 Å². The molecule has 0 spiro atoms. The Morgan fingerprint density at radius 1 is 1.42 bits per heavy atom. The molecule has 0 atom stereocenters. The minimum Gasteiger partial charge on any atom is -0.504 e. The van der Waals surface area contributed by atoms with Crippen LogP contribution in [0.3, 0.4) is 0 Å². The molecule has 1 heterocycles. The highest BCUT2D eigenvalue weighted by Crippen LogP contribution is 2.36. The van der Waals surface area contributed by atoms with Crippen molar-refractivity contribution in [3.63, 3.8) is 0 Å². The number of thioether (sulfide) groups is 1. The summed E-state index contributed by atoms with van der Waals surface area (Å²) >= 11 is 2.69. The highest BCUT2D eigenvalue weighted by atomic mass is 127. The molecule has 1 aromatic rings. The second-order valence-corrected chi connectivity index (χ2v) is 6.78. The van der Waals surface area contributed by atoms with Crippen LogP contribution in [0, 0.1) is 3.57 Å². The molecule has 1 saturated heterocycles. The largest absolute Gasteiger partial charge is 0.504 e. The Hall–Kier alpha value is -1.75. The molecule has 0 saturated carbocycles. The number of hydrogen-bond donors (Lipinski definition) is 1. The van der Waals surface area contributed by atoms with E-state index in [1.165, 1.54) is 13.2 Å². The van der Waals surface area contributed by atoms with E-state index in [1.54, 1.807) is 19.1 Å². The lowest BCUT2D eigenvalue weighted by molar-refractivity contribution is -0.143. The molecule has 0 aromatic heterocycles. The number of carbonyl (C=O) groups is 3. The van der Waals surface area contributed by atoms with Gasteiger partial charge in [-0.1, -0.05) is 0 Å². The molecule has 1 fully saturated rings. The highest BCUT2D eigenvalue weighted by molar-refractivity contribution is 14.1. The summed E-state index contributed by atoms with van der Waals surface area (Å²) in [6.45, 7) is 1.75. The van der Waals surface area contributed by atoms with Crippen LogP contribution in [0.5, 0.6) is 11.5 Å². The normalized spacial score (nSPS) is 16.0. The quantitative estimate of drug-likeness (QED) is 0.408. The maximum atomic E-state index is 12.3. The summed E-state index contributed by atoms with van der Waals surface area (Å²) in [5, 5.41) is 9.41. The highest BCUT2D eigenvalue weighted by Gasteiger charge is 2.36. The van der Waals surface area contributed by atoms with E-state index in [-0.39, 0.29) is 10.7 Å². The second-order valence-electron chi connectivity index (χ2n) is 4.63. The number of esters is 1. The molecule has 1 aliphatic rings. The Kier molecular flexibility index (Phi) is 6.10. The number of methoxy groups -OCH3 is 1. The molecule has 1 aromatic carbocycles. The summed E-state index contributed by atoms with van der Waals surface area (Å²) in [5.41, 5.74) is 0.601. The molecular formula is C15H14INO6S. The molecule has 24 heavy (non-hydrogen) atoms. The first-order chi connectivity index (χ1) is 11.4. The van der Waals surface area contributed by atoms with Gasteiger partial charge < -0.3 is 14.6 Å². The monoisotopic (exact) mass is 463 g/mol. The van der Waals surface area contributed by atoms with Crippen LogP contribution in [-0.4, -0.2) is 47.4 Å². The minimum absolute atomic E-state index is 0.0217. The number of benzene rings is 1. The van der Waals surface area contributed by atoms with E-state index in [9.17, 15) is 19.5 Å². The summed E-state index contributed by atoms with van der Waals surface area (Å²) in [6.07, 6.45) is 1.52. The number of amides is 2. The molecule has 0 bridgehead atoms. The number of imide groups is 1. The molecular weight excluding hydrogens is 449 g/mol. The Labute approximate surface area is 156 Å². The third-order valence-electron chi connectivity index (χ3n) is 3.04. The fourth-order valence-corrected chi connectivity index (χ4v) is 3.39. The van der Waals surface area contributed by atoms with Crippen LogP contribution in [0.25, 0.3) is 6.08 Å². The van der Waals surface area contributed by atoms with Crippen LogP contribution in [0.2, 0.25) is 0 Å². The van der Waals surface area contributed by atoms with E-state index >= 15 is 0 Å². The third-order valence-corrected chi connectivity index (χ3v) is 4.77. The van der Waals surface area contributed by atoms with E-state index in [2.05, 4.69) is 4.74 Å². The molecule has 2 amide bonds. The standard InChI is InChI=1S/C15H14INO6S/c1-3-23-10-5-8(4-9(16)13(10)19)6-11-14(20)17(15(21)24-11)7-12(18)22-2/h4-6,19H,3,7H2,1-2H3/b11-6+. The van der Waals surface area contributed by atoms with Crippen molar-refractivity contribution in [3.05, 3.63) is 26.2 Å². The number of rotatable bonds is 5. The number of phenolic OH excluding ortho intramolecular Hbond substituents is 1. The van der Waals surface area contributed by atoms with Gasteiger partial charge in [0.2, 0.25) is 0 Å². The average molecular weight is 463 g/mol. The predicted molar refractivity (Wildman–Crippen MR) is 96.7 cm³/mol. The number of phenols is 1. The number of aromatic hydroxyl groups is 1. The van der Waals surface area contributed by atoms with E-state index in [0.29, 0.717) is 21.5 Å². The van der Waals surface area contributed by atoms with Gasteiger partial charge in [0.15, 0.2) is 11.5 Å². The van der Waals surface area contributed by atoms with Crippen LogP contribution in [0.15, 0.2) is 17.0 Å². The van der Waals surface area contributed by atoms with Crippen LogP contribution in [0.4, 0.5) is 4.79 Å². The number of carbonyl (C=O) groups excluding carboxylic acids is 3.